The number of pyridine rings is 1. The molecule has 1 aliphatic heterocycles. The summed E-state index contributed by atoms with van der Waals surface area (Å²) in [6.45, 7) is 6.87. The predicted molar refractivity (Wildman–Crippen MR) is 121 cm³/mol. The van der Waals surface area contributed by atoms with Crippen LogP contribution in [-0.2, 0) is 17.8 Å². The summed E-state index contributed by atoms with van der Waals surface area (Å²) in [7, 11) is 0. The first-order valence-electron chi connectivity index (χ1n) is 11.0. The first-order valence-corrected chi connectivity index (χ1v) is 11.0. The Kier molecular flexibility index (Phi) is 5.63. The fourth-order valence-electron chi connectivity index (χ4n) is 4.46. The second kappa shape index (κ2) is 8.74. The van der Waals surface area contributed by atoms with Gasteiger partial charge in [-0.25, -0.2) is 9.18 Å². The van der Waals surface area contributed by atoms with E-state index in [4.69, 9.17) is 4.74 Å². The number of tetrazole rings is 1. The van der Waals surface area contributed by atoms with Crippen LogP contribution in [0.25, 0.3) is 16.6 Å². The maximum Gasteiger partial charge on any atom is 0.320 e. The largest absolute Gasteiger partial charge is 0.378 e. The number of rotatable bonds is 4. The molecule has 0 saturated carbocycles. The van der Waals surface area contributed by atoms with Crippen molar-refractivity contribution in [3.05, 3.63) is 70.5 Å². The molecule has 2 aromatic carbocycles. The van der Waals surface area contributed by atoms with Gasteiger partial charge in [0.25, 0.3) is 0 Å². The summed E-state index contributed by atoms with van der Waals surface area (Å²) < 4.78 is 20.6. The first-order chi connectivity index (χ1) is 16.0. The summed E-state index contributed by atoms with van der Waals surface area (Å²) in [4.78, 5) is 17.0. The van der Waals surface area contributed by atoms with Gasteiger partial charge >= 0.3 is 6.03 Å². The molecule has 4 aromatic rings. The molecule has 0 aliphatic carbocycles. The van der Waals surface area contributed by atoms with Gasteiger partial charge in [0.05, 0.1) is 25.3 Å². The van der Waals surface area contributed by atoms with Crippen LogP contribution in [0.15, 0.2) is 42.5 Å². The summed E-state index contributed by atoms with van der Waals surface area (Å²) in [6, 6.07) is 12.4. The number of ether oxygens (including phenoxy) is 1. The van der Waals surface area contributed by atoms with Crippen molar-refractivity contribution in [2.24, 2.45) is 0 Å². The van der Waals surface area contributed by atoms with Crippen LogP contribution in [0.3, 0.4) is 0 Å². The minimum atomic E-state index is -0.304. The van der Waals surface area contributed by atoms with E-state index >= 15 is 0 Å². The van der Waals surface area contributed by atoms with E-state index < -0.39 is 0 Å². The van der Waals surface area contributed by atoms with E-state index in [1.165, 1.54) is 12.1 Å². The van der Waals surface area contributed by atoms with Crippen LogP contribution in [0, 0.1) is 19.7 Å². The lowest BCUT2D eigenvalue weighted by molar-refractivity contribution is 0.0419. The Labute approximate surface area is 190 Å². The molecule has 0 unspecified atom stereocenters. The number of carbonyl (C=O) groups is 1. The summed E-state index contributed by atoms with van der Waals surface area (Å²) in [5.41, 5.74) is 5.50. The molecule has 0 bridgehead atoms. The number of urea groups is 1. The van der Waals surface area contributed by atoms with E-state index in [0.717, 1.165) is 33.2 Å². The highest BCUT2D eigenvalue weighted by molar-refractivity contribution is 5.86. The van der Waals surface area contributed by atoms with Crippen LogP contribution in [-0.4, -0.2) is 62.2 Å². The Balaban J connectivity index is 1.55. The zero-order valence-corrected chi connectivity index (χ0v) is 18.7. The molecule has 2 aromatic heterocycles. The third-order valence-electron chi connectivity index (χ3n) is 5.97. The van der Waals surface area contributed by atoms with Crippen molar-refractivity contribution < 1.29 is 13.9 Å². The quantitative estimate of drug-likeness (QED) is 0.478. The van der Waals surface area contributed by atoms with Crippen LogP contribution < -0.4 is 0 Å². The number of amides is 2. The zero-order valence-electron chi connectivity index (χ0n) is 18.7. The Bertz CT molecular complexity index is 1310. The molecular weight excluding hydrogens is 423 g/mol. The van der Waals surface area contributed by atoms with Crippen molar-refractivity contribution >= 4 is 22.6 Å². The molecule has 1 aliphatic rings. The lowest BCUT2D eigenvalue weighted by Gasteiger charge is -2.33. The standard InChI is InChI=1S/C24H25FN6O2/c1-16-11-17(2)22-19(12-16)13-20(23-26-27-28-31(22)23)15-30(14-18-3-5-21(25)6-4-18)24(32)29-7-9-33-10-8-29/h3-6,11-13H,7-10,14-15H2,1-2H3. The molecule has 2 amide bonds. The van der Waals surface area contributed by atoms with Gasteiger partial charge in [0.2, 0.25) is 0 Å². The molecule has 0 spiro atoms. The van der Waals surface area contributed by atoms with Gasteiger partial charge in [-0.15, -0.1) is 5.10 Å². The first kappa shape index (κ1) is 21.3. The molecule has 1 fully saturated rings. The summed E-state index contributed by atoms with van der Waals surface area (Å²) >= 11 is 0. The van der Waals surface area contributed by atoms with E-state index in [2.05, 4.69) is 40.6 Å². The molecule has 170 valence electrons. The van der Waals surface area contributed by atoms with Crippen LogP contribution in [0.4, 0.5) is 9.18 Å². The molecular formula is C24H25FN6O2. The molecule has 5 rings (SSSR count). The number of hydrogen-bond donors (Lipinski definition) is 0. The second-order valence-corrected chi connectivity index (χ2v) is 8.47. The monoisotopic (exact) mass is 448 g/mol. The Morgan fingerprint density at radius 1 is 1.09 bits per heavy atom. The number of halogens is 1. The van der Waals surface area contributed by atoms with Crippen molar-refractivity contribution in [2.75, 3.05) is 26.3 Å². The fourth-order valence-corrected chi connectivity index (χ4v) is 4.46. The van der Waals surface area contributed by atoms with Crippen LogP contribution in [0.5, 0.6) is 0 Å². The van der Waals surface area contributed by atoms with Crippen LogP contribution >= 0.6 is 0 Å². The highest BCUT2D eigenvalue weighted by Gasteiger charge is 2.25. The number of morpholine rings is 1. The molecule has 9 heteroatoms. The van der Waals surface area contributed by atoms with E-state index in [-0.39, 0.29) is 11.8 Å². The van der Waals surface area contributed by atoms with Gasteiger partial charge in [0.1, 0.15) is 5.82 Å². The molecule has 33 heavy (non-hydrogen) atoms. The minimum Gasteiger partial charge on any atom is -0.378 e. The zero-order chi connectivity index (χ0) is 22.9. The van der Waals surface area contributed by atoms with E-state index in [1.54, 1.807) is 26.4 Å². The average Bonchev–Trinajstić information content (AvgIpc) is 3.30. The van der Waals surface area contributed by atoms with Crippen molar-refractivity contribution in [3.63, 3.8) is 0 Å². The number of fused-ring (bicyclic) bond motifs is 3. The Morgan fingerprint density at radius 2 is 1.85 bits per heavy atom. The van der Waals surface area contributed by atoms with E-state index in [0.29, 0.717) is 45.0 Å². The molecule has 3 heterocycles. The third-order valence-corrected chi connectivity index (χ3v) is 5.97. The SMILES string of the molecule is Cc1cc(C)c2c(c1)cc(CN(Cc1ccc(F)cc1)C(=O)N1CCOCC1)c1nnnn12. The molecule has 1 saturated heterocycles. The number of hydrogen-bond acceptors (Lipinski definition) is 5. The number of benzene rings is 2. The van der Waals surface area contributed by atoms with Gasteiger partial charge in [-0.1, -0.05) is 23.8 Å². The van der Waals surface area contributed by atoms with Crippen LogP contribution in [0.2, 0.25) is 0 Å². The highest BCUT2D eigenvalue weighted by atomic mass is 19.1. The number of aromatic nitrogens is 4. The van der Waals surface area contributed by atoms with Gasteiger partial charge in [-0.2, -0.15) is 4.52 Å². The second-order valence-electron chi connectivity index (χ2n) is 8.47. The van der Waals surface area contributed by atoms with E-state index in [1.807, 2.05) is 6.92 Å². The smallest absolute Gasteiger partial charge is 0.320 e. The Morgan fingerprint density at radius 3 is 2.61 bits per heavy atom. The van der Waals surface area contributed by atoms with Crippen LogP contribution in [0.1, 0.15) is 22.3 Å². The average molecular weight is 449 g/mol. The number of aryl methyl sites for hydroxylation is 2. The summed E-state index contributed by atoms with van der Waals surface area (Å²) in [5.74, 6) is -0.304. The normalized spacial score (nSPS) is 14.2. The van der Waals surface area contributed by atoms with Gasteiger partial charge < -0.3 is 14.5 Å². The predicted octanol–water partition coefficient (Wildman–Crippen LogP) is 3.49. The lowest BCUT2D eigenvalue weighted by Crippen LogP contribution is -2.47. The van der Waals surface area contributed by atoms with Gasteiger partial charge in [0.15, 0.2) is 5.65 Å². The fraction of sp³-hybridized carbons (Fsp3) is 0.333. The van der Waals surface area contributed by atoms with Crippen molar-refractivity contribution in [3.8, 4) is 0 Å². The Hall–Kier alpha value is -3.59. The maximum atomic E-state index is 13.5. The molecule has 8 nitrogen and oxygen atoms in total. The summed E-state index contributed by atoms with van der Waals surface area (Å²) in [5, 5.41) is 13.4. The molecule has 0 atom stereocenters. The van der Waals surface area contributed by atoms with Crippen molar-refractivity contribution in [2.45, 2.75) is 26.9 Å². The van der Waals surface area contributed by atoms with Gasteiger partial charge in [0, 0.05) is 30.6 Å². The van der Waals surface area contributed by atoms with Gasteiger partial charge in [-0.3, -0.25) is 0 Å². The van der Waals surface area contributed by atoms with Crippen molar-refractivity contribution in [1.82, 2.24) is 29.8 Å². The van der Waals surface area contributed by atoms with E-state index in [9.17, 15) is 9.18 Å². The summed E-state index contributed by atoms with van der Waals surface area (Å²) in [6.07, 6.45) is 0. The minimum absolute atomic E-state index is 0.0891. The lowest BCUT2D eigenvalue weighted by atomic mass is 10.0. The van der Waals surface area contributed by atoms with Gasteiger partial charge in [-0.05, 0) is 59.7 Å². The number of carbonyl (C=O) groups excluding carboxylic acids is 1. The topological polar surface area (TPSA) is 75.9 Å². The number of nitrogens with zero attached hydrogens (tertiary/aromatic N) is 6. The molecule has 0 radical (unpaired) electrons. The highest BCUT2D eigenvalue weighted by Crippen LogP contribution is 2.25. The third kappa shape index (κ3) is 4.23. The van der Waals surface area contributed by atoms with Crippen molar-refractivity contribution in [1.29, 1.82) is 0 Å². The molecule has 0 N–H and O–H groups in total. The maximum absolute atomic E-state index is 13.5.